The van der Waals surface area contributed by atoms with Gasteiger partial charge >= 0.3 is 0 Å². The third-order valence-electron chi connectivity index (χ3n) is 2.34. The van der Waals surface area contributed by atoms with E-state index in [4.69, 9.17) is 11.6 Å². The fraction of sp³-hybridized carbons (Fsp3) is 0.182. The normalized spacial score (nSPS) is 10.5. The number of rotatable bonds is 1. The van der Waals surface area contributed by atoms with E-state index >= 15 is 0 Å². The van der Waals surface area contributed by atoms with Crippen molar-refractivity contribution in [3.8, 4) is 11.4 Å². The second kappa shape index (κ2) is 3.46. The van der Waals surface area contributed by atoms with Crippen LogP contribution >= 0.6 is 11.6 Å². The quantitative estimate of drug-likeness (QED) is 0.701. The van der Waals surface area contributed by atoms with Crippen LogP contribution in [0.1, 0.15) is 5.69 Å². The Balaban J connectivity index is 2.60. The summed E-state index contributed by atoms with van der Waals surface area (Å²) in [6.07, 6.45) is 1.85. The van der Waals surface area contributed by atoms with Crippen LogP contribution in [-0.2, 0) is 7.05 Å². The summed E-state index contributed by atoms with van der Waals surface area (Å²) in [5.41, 5.74) is 2.10. The number of hydrogen-bond donors (Lipinski definition) is 0. The Bertz CT molecular complexity index is 460. The second-order valence-corrected chi connectivity index (χ2v) is 3.67. The number of aryl methyl sites for hydroxylation is 1. The minimum atomic E-state index is 0.737. The van der Waals surface area contributed by atoms with Crippen molar-refractivity contribution in [2.24, 2.45) is 7.05 Å². The number of nitrogens with zero attached hydrogens (tertiary/aromatic N) is 2. The van der Waals surface area contributed by atoms with Gasteiger partial charge in [-0.05, 0) is 19.1 Å². The van der Waals surface area contributed by atoms with Crippen molar-refractivity contribution >= 4 is 11.6 Å². The third kappa shape index (κ3) is 1.42. The zero-order valence-electron chi connectivity index (χ0n) is 8.16. The Hall–Kier alpha value is -1.28. The Morgan fingerprint density at radius 1 is 1.29 bits per heavy atom. The van der Waals surface area contributed by atoms with Crippen molar-refractivity contribution in [2.75, 3.05) is 0 Å². The van der Waals surface area contributed by atoms with Gasteiger partial charge in [0.15, 0.2) is 0 Å². The first-order valence-corrected chi connectivity index (χ1v) is 4.81. The van der Waals surface area contributed by atoms with E-state index in [0.29, 0.717) is 0 Å². The molecule has 2 nitrogen and oxygen atoms in total. The summed E-state index contributed by atoms with van der Waals surface area (Å²) in [4.78, 5) is 4.32. The molecule has 3 heteroatoms. The lowest BCUT2D eigenvalue weighted by Gasteiger charge is -2.04. The first-order valence-electron chi connectivity index (χ1n) is 4.43. The van der Waals surface area contributed by atoms with Gasteiger partial charge in [-0.15, -0.1) is 0 Å². The van der Waals surface area contributed by atoms with Gasteiger partial charge in [-0.2, -0.15) is 0 Å². The average molecular weight is 207 g/mol. The standard InChI is InChI=1S/C11H11ClN2/c1-8-7-13-11(14(8)2)9-5-3-4-6-10(9)12/h3-7H,1-2H3. The molecule has 2 rings (SSSR count). The van der Waals surface area contributed by atoms with Crippen LogP contribution in [0, 0.1) is 6.92 Å². The Morgan fingerprint density at radius 2 is 2.00 bits per heavy atom. The molecular weight excluding hydrogens is 196 g/mol. The summed E-state index contributed by atoms with van der Waals surface area (Å²) >= 11 is 6.09. The molecule has 1 heterocycles. The van der Waals surface area contributed by atoms with E-state index in [-0.39, 0.29) is 0 Å². The van der Waals surface area contributed by atoms with Crippen molar-refractivity contribution in [3.63, 3.8) is 0 Å². The van der Waals surface area contributed by atoms with Crippen LogP contribution in [0.25, 0.3) is 11.4 Å². The van der Waals surface area contributed by atoms with Crippen molar-refractivity contribution < 1.29 is 0 Å². The molecule has 0 fully saturated rings. The van der Waals surface area contributed by atoms with E-state index in [0.717, 1.165) is 22.1 Å². The Morgan fingerprint density at radius 3 is 2.57 bits per heavy atom. The minimum Gasteiger partial charge on any atom is -0.331 e. The van der Waals surface area contributed by atoms with Crippen LogP contribution in [-0.4, -0.2) is 9.55 Å². The number of benzene rings is 1. The fourth-order valence-electron chi connectivity index (χ4n) is 1.39. The highest BCUT2D eigenvalue weighted by Crippen LogP contribution is 2.26. The average Bonchev–Trinajstić information content (AvgIpc) is 2.49. The molecule has 0 N–H and O–H groups in total. The molecule has 72 valence electrons. The molecule has 0 bridgehead atoms. The highest BCUT2D eigenvalue weighted by Gasteiger charge is 2.08. The molecule has 0 saturated carbocycles. The molecule has 0 saturated heterocycles. The molecule has 0 amide bonds. The van der Waals surface area contributed by atoms with Gasteiger partial charge in [0.25, 0.3) is 0 Å². The summed E-state index contributed by atoms with van der Waals surface area (Å²) in [7, 11) is 1.99. The lowest BCUT2D eigenvalue weighted by atomic mass is 10.2. The zero-order valence-corrected chi connectivity index (χ0v) is 8.92. The van der Waals surface area contributed by atoms with Crippen LogP contribution in [0.4, 0.5) is 0 Å². The van der Waals surface area contributed by atoms with Crippen LogP contribution in [0.2, 0.25) is 5.02 Å². The van der Waals surface area contributed by atoms with Gasteiger partial charge in [0.05, 0.1) is 5.02 Å². The van der Waals surface area contributed by atoms with E-state index in [2.05, 4.69) is 4.98 Å². The molecule has 0 radical (unpaired) electrons. The molecule has 0 atom stereocenters. The summed E-state index contributed by atoms with van der Waals surface area (Å²) in [5, 5.41) is 0.737. The first kappa shape index (κ1) is 9.28. The van der Waals surface area contributed by atoms with Gasteiger partial charge in [-0.3, -0.25) is 0 Å². The summed E-state index contributed by atoms with van der Waals surface area (Å²) in [6.45, 7) is 2.02. The molecule has 1 aromatic heterocycles. The predicted octanol–water partition coefficient (Wildman–Crippen LogP) is 3.05. The van der Waals surface area contributed by atoms with Gasteiger partial charge in [0.1, 0.15) is 5.82 Å². The maximum Gasteiger partial charge on any atom is 0.141 e. The highest BCUT2D eigenvalue weighted by molar-refractivity contribution is 6.33. The number of imidazole rings is 1. The topological polar surface area (TPSA) is 17.8 Å². The smallest absolute Gasteiger partial charge is 0.141 e. The van der Waals surface area contributed by atoms with Crippen molar-refractivity contribution in [2.45, 2.75) is 6.92 Å². The molecule has 0 aliphatic rings. The van der Waals surface area contributed by atoms with Crippen LogP contribution in [0.5, 0.6) is 0 Å². The molecule has 0 spiro atoms. The number of hydrogen-bond acceptors (Lipinski definition) is 1. The third-order valence-corrected chi connectivity index (χ3v) is 2.66. The van der Waals surface area contributed by atoms with Crippen LogP contribution in [0.15, 0.2) is 30.5 Å². The molecule has 0 unspecified atom stereocenters. The molecule has 2 aromatic rings. The van der Waals surface area contributed by atoms with Crippen molar-refractivity contribution in [3.05, 3.63) is 41.2 Å². The molecule has 0 aliphatic heterocycles. The summed E-state index contributed by atoms with van der Waals surface area (Å²) in [5.74, 6) is 0.910. The minimum absolute atomic E-state index is 0.737. The van der Waals surface area contributed by atoms with Crippen LogP contribution in [0.3, 0.4) is 0 Å². The van der Waals surface area contributed by atoms with E-state index < -0.39 is 0 Å². The monoisotopic (exact) mass is 206 g/mol. The zero-order chi connectivity index (χ0) is 10.1. The van der Waals surface area contributed by atoms with Crippen LogP contribution < -0.4 is 0 Å². The molecule has 0 aliphatic carbocycles. The molecular formula is C11H11ClN2. The predicted molar refractivity (Wildman–Crippen MR) is 58.4 cm³/mol. The first-order chi connectivity index (χ1) is 6.70. The summed E-state index contributed by atoms with van der Waals surface area (Å²) < 4.78 is 2.03. The largest absolute Gasteiger partial charge is 0.331 e. The van der Waals surface area contributed by atoms with Gasteiger partial charge in [0, 0.05) is 24.5 Å². The van der Waals surface area contributed by atoms with Gasteiger partial charge < -0.3 is 4.57 Å². The molecule has 1 aromatic carbocycles. The van der Waals surface area contributed by atoms with Gasteiger partial charge in [-0.1, -0.05) is 23.7 Å². The van der Waals surface area contributed by atoms with E-state index in [1.54, 1.807) is 0 Å². The van der Waals surface area contributed by atoms with E-state index in [1.165, 1.54) is 0 Å². The Kier molecular flexibility index (Phi) is 2.30. The number of halogens is 1. The van der Waals surface area contributed by atoms with Gasteiger partial charge in [-0.25, -0.2) is 4.98 Å². The number of aromatic nitrogens is 2. The lowest BCUT2D eigenvalue weighted by Crippen LogP contribution is -1.94. The fourth-order valence-corrected chi connectivity index (χ4v) is 1.61. The highest BCUT2D eigenvalue weighted by atomic mass is 35.5. The maximum atomic E-state index is 6.09. The van der Waals surface area contributed by atoms with E-state index in [1.807, 2.05) is 49.0 Å². The van der Waals surface area contributed by atoms with Crippen molar-refractivity contribution in [1.82, 2.24) is 9.55 Å². The molecule has 14 heavy (non-hydrogen) atoms. The van der Waals surface area contributed by atoms with E-state index in [9.17, 15) is 0 Å². The Labute approximate surface area is 88.2 Å². The van der Waals surface area contributed by atoms with Crippen molar-refractivity contribution in [1.29, 1.82) is 0 Å². The maximum absolute atomic E-state index is 6.09. The SMILES string of the molecule is Cc1cnc(-c2ccccc2Cl)n1C. The second-order valence-electron chi connectivity index (χ2n) is 3.26. The van der Waals surface area contributed by atoms with Gasteiger partial charge in [0.2, 0.25) is 0 Å². The summed E-state index contributed by atoms with van der Waals surface area (Å²) in [6, 6.07) is 7.73. The lowest BCUT2D eigenvalue weighted by molar-refractivity contribution is 0.884.